The van der Waals surface area contributed by atoms with Gasteiger partial charge in [0, 0.05) is 0 Å². The predicted molar refractivity (Wildman–Crippen MR) is 131 cm³/mol. The van der Waals surface area contributed by atoms with E-state index >= 15 is 0 Å². The van der Waals surface area contributed by atoms with Crippen molar-refractivity contribution in [2.45, 2.75) is 83.2 Å². The van der Waals surface area contributed by atoms with Gasteiger partial charge in [-0.1, -0.05) is 0 Å². The normalized spacial score (nSPS) is 17.5. The minimum absolute atomic E-state index is 0. The molecule has 2 aliphatic carbocycles. The van der Waals surface area contributed by atoms with Gasteiger partial charge in [-0.05, 0) is 0 Å². The van der Waals surface area contributed by atoms with Gasteiger partial charge in [-0.25, -0.2) is 0 Å². The summed E-state index contributed by atoms with van der Waals surface area (Å²) in [4.78, 5) is 0. The smallest absolute Gasteiger partial charge is 1.00 e. The number of allylic oxidation sites excluding steroid dienone is 4. The van der Waals surface area contributed by atoms with Crippen molar-refractivity contribution in [3.05, 3.63) is 75.9 Å². The largest absolute Gasteiger partial charge is 1.00 e. The fraction of sp³-hybridized carbons (Fsp3) is 0.467. The fourth-order valence-corrected chi connectivity index (χ4v) is 6.17. The molecule has 0 nitrogen and oxygen atoms in total. The first-order valence-corrected chi connectivity index (χ1v) is 13.1. The molecular formula is C30H37Cl2Zr. The van der Waals surface area contributed by atoms with Crippen LogP contribution in [0.5, 0.6) is 0 Å². The molecule has 0 saturated heterocycles. The predicted octanol–water partition coefficient (Wildman–Crippen LogP) is 2.67. The van der Waals surface area contributed by atoms with E-state index in [1.807, 2.05) is 0 Å². The summed E-state index contributed by atoms with van der Waals surface area (Å²) in [5.41, 5.74) is 13.9. The molecule has 0 spiro atoms. The molecule has 2 aromatic rings. The number of hydrogen-bond donors (Lipinski definition) is 0. The van der Waals surface area contributed by atoms with Crippen LogP contribution in [0, 0.1) is 5.41 Å². The first kappa shape index (κ1) is 28.6. The van der Waals surface area contributed by atoms with E-state index in [1.165, 1.54) is 44.5 Å². The van der Waals surface area contributed by atoms with Crippen LogP contribution in [0.1, 0.15) is 100 Å². The molecule has 3 heteroatoms. The minimum atomic E-state index is 0. The summed E-state index contributed by atoms with van der Waals surface area (Å²) < 4.78 is 0.523. The van der Waals surface area contributed by atoms with Gasteiger partial charge in [-0.15, -0.1) is 0 Å². The molecule has 0 saturated carbocycles. The van der Waals surface area contributed by atoms with Crippen LogP contribution >= 0.6 is 0 Å². The minimum Gasteiger partial charge on any atom is -1.00 e. The quantitative estimate of drug-likeness (QED) is 0.504. The van der Waals surface area contributed by atoms with Crippen LogP contribution in [0.2, 0.25) is 0 Å². The number of benzene rings is 2. The Hall–Kier alpha value is -0.617. The molecule has 0 aliphatic heterocycles. The number of halogens is 2. The van der Waals surface area contributed by atoms with Crippen LogP contribution in [-0.2, 0) is 35.5 Å². The summed E-state index contributed by atoms with van der Waals surface area (Å²) in [6, 6.07) is 12.3. The van der Waals surface area contributed by atoms with E-state index in [1.54, 1.807) is 30.3 Å². The van der Waals surface area contributed by atoms with Crippen LogP contribution in [0.3, 0.4) is 0 Å². The van der Waals surface area contributed by atoms with Crippen LogP contribution < -0.4 is 24.8 Å². The van der Waals surface area contributed by atoms with Crippen LogP contribution in [-0.4, -0.2) is 0 Å². The standard InChI is InChI=1S/C30H37.2ClH.Zr/c1-28(2,3)21-12-10-19(14-21)25-17-23(30(7,8)9)18-27-24-16-22(29(4,5)6)13-11-20(24)15-26(25)27;;;/h11-18H,10H2,1-9H3;2*1H;/q;;;+2/p-2. The molecule has 0 aromatic heterocycles. The number of hydrogen-bond acceptors (Lipinski definition) is 0. The maximum absolute atomic E-state index is 2.51. The molecule has 1 unspecified atom stereocenters. The van der Waals surface area contributed by atoms with Crippen molar-refractivity contribution in [1.29, 1.82) is 0 Å². The third-order valence-corrected chi connectivity index (χ3v) is 8.41. The number of rotatable bonds is 1. The Kier molecular flexibility index (Phi) is 8.19. The van der Waals surface area contributed by atoms with Gasteiger partial charge in [0.1, 0.15) is 0 Å². The van der Waals surface area contributed by atoms with E-state index in [2.05, 4.69) is 105 Å². The van der Waals surface area contributed by atoms with Crippen molar-refractivity contribution < 1.29 is 49.5 Å². The molecule has 0 amide bonds. The van der Waals surface area contributed by atoms with Gasteiger partial charge < -0.3 is 24.8 Å². The van der Waals surface area contributed by atoms with Crippen molar-refractivity contribution in [2.75, 3.05) is 0 Å². The topological polar surface area (TPSA) is 0 Å². The summed E-state index contributed by atoms with van der Waals surface area (Å²) >= 11 is 1.58. The second-order valence-electron chi connectivity index (χ2n) is 12.5. The molecule has 175 valence electrons. The van der Waals surface area contributed by atoms with Crippen LogP contribution in [0.25, 0.3) is 16.7 Å². The molecular weight excluding hydrogens is 522 g/mol. The van der Waals surface area contributed by atoms with E-state index in [0.717, 1.165) is 6.42 Å². The third kappa shape index (κ3) is 5.32. The first-order valence-electron chi connectivity index (χ1n) is 11.6. The van der Waals surface area contributed by atoms with Crippen molar-refractivity contribution >= 4 is 5.57 Å². The maximum Gasteiger partial charge on any atom is -1.00 e. The Morgan fingerprint density at radius 3 is 1.76 bits per heavy atom. The summed E-state index contributed by atoms with van der Waals surface area (Å²) in [6.45, 7) is 21.0. The molecule has 0 heterocycles. The van der Waals surface area contributed by atoms with Crippen LogP contribution in [0.4, 0.5) is 0 Å². The van der Waals surface area contributed by atoms with Crippen molar-refractivity contribution in [1.82, 2.24) is 0 Å². The average molecular weight is 560 g/mol. The summed E-state index contributed by atoms with van der Waals surface area (Å²) in [7, 11) is 0. The van der Waals surface area contributed by atoms with E-state index in [4.69, 9.17) is 0 Å². The van der Waals surface area contributed by atoms with Crippen molar-refractivity contribution in [3.8, 4) is 11.1 Å². The molecule has 0 fully saturated rings. The summed E-state index contributed by atoms with van der Waals surface area (Å²) in [5.74, 6) is 0. The Balaban J connectivity index is 0.00000193. The van der Waals surface area contributed by atoms with Gasteiger partial charge in [0.15, 0.2) is 0 Å². The van der Waals surface area contributed by atoms with E-state index < -0.39 is 0 Å². The monoisotopic (exact) mass is 557 g/mol. The first-order chi connectivity index (χ1) is 14.2. The Bertz CT molecular complexity index is 1120. The van der Waals surface area contributed by atoms with Gasteiger partial charge in [-0.2, -0.15) is 0 Å². The summed E-state index contributed by atoms with van der Waals surface area (Å²) in [5, 5.41) is 0. The van der Waals surface area contributed by atoms with E-state index in [9.17, 15) is 0 Å². The molecule has 1 atom stereocenters. The zero-order valence-corrected chi connectivity index (χ0v) is 25.6. The van der Waals surface area contributed by atoms with Gasteiger partial charge in [0.2, 0.25) is 0 Å². The molecule has 0 bridgehead atoms. The zero-order valence-electron chi connectivity index (χ0n) is 21.6. The fourth-order valence-electron chi connectivity index (χ4n) is 4.78. The Labute approximate surface area is 229 Å². The zero-order chi connectivity index (χ0) is 22.9. The summed E-state index contributed by atoms with van der Waals surface area (Å²) in [6.07, 6.45) is 5.98. The van der Waals surface area contributed by atoms with Gasteiger partial charge in [0.05, 0.1) is 0 Å². The maximum atomic E-state index is 2.51. The Morgan fingerprint density at radius 2 is 1.24 bits per heavy atom. The van der Waals surface area contributed by atoms with Gasteiger partial charge in [0.25, 0.3) is 0 Å². The van der Waals surface area contributed by atoms with Gasteiger partial charge in [-0.3, -0.25) is 0 Å². The molecule has 0 radical (unpaired) electrons. The van der Waals surface area contributed by atoms with Gasteiger partial charge >= 0.3 is 206 Å². The van der Waals surface area contributed by atoms with Crippen molar-refractivity contribution in [2.24, 2.45) is 5.41 Å². The number of fused-ring (bicyclic) bond motifs is 3. The molecule has 33 heavy (non-hydrogen) atoms. The molecule has 2 aromatic carbocycles. The Morgan fingerprint density at radius 1 is 0.697 bits per heavy atom. The van der Waals surface area contributed by atoms with E-state index in [0.29, 0.717) is 3.63 Å². The molecule has 0 N–H and O–H groups in total. The third-order valence-electron chi connectivity index (χ3n) is 6.94. The average Bonchev–Trinajstić information content (AvgIpc) is 3.24. The second kappa shape index (κ2) is 9.45. The van der Waals surface area contributed by atoms with E-state index in [-0.39, 0.29) is 41.1 Å². The van der Waals surface area contributed by atoms with Crippen LogP contribution in [0.15, 0.2) is 48.1 Å². The molecule has 2 aliphatic rings. The molecule has 4 rings (SSSR count). The van der Waals surface area contributed by atoms with Crippen molar-refractivity contribution in [3.63, 3.8) is 0 Å². The SMILES string of the molecule is CC(C)(C)C1=CCC(c2cc(C(C)(C)C)cc3c2[CH]([Zr+2])c2ccc(C(C)(C)C)cc2-3)=C1.[Cl-].[Cl-]. The second-order valence-corrected chi connectivity index (χ2v) is 13.9.